The van der Waals surface area contributed by atoms with E-state index < -0.39 is 23.9 Å². The zero-order valence-electron chi connectivity index (χ0n) is 15.1. The quantitative estimate of drug-likeness (QED) is 0.613. The number of amides is 1. The topological polar surface area (TPSA) is 118 Å². The first kappa shape index (κ1) is 20.2. The zero-order valence-corrected chi connectivity index (χ0v) is 15.9. The van der Waals surface area contributed by atoms with Crippen LogP contribution in [0.3, 0.4) is 0 Å². The van der Waals surface area contributed by atoms with Gasteiger partial charge in [-0.3, -0.25) is 0 Å². The molecule has 2 rings (SSSR count). The predicted octanol–water partition coefficient (Wildman–Crippen LogP) is 2.70. The lowest BCUT2D eigenvalue weighted by Crippen LogP contribution is -2.34. The zero-order chi connectivity index (χ0) is 19.3. The molecule has 2 unspecified atom stereocenters. The molecule has 2 aromatic rings. The Labute approximate surface area is 156 Å². The fourth-order valence-electron chi connectivity index (χ4n) is 2.29. The van der Waals surface area contributed by atoms with Crippen molar-refractivity contribution < 1.29 is 19.7 Å². The van der Waals surface area contributed by atoms with Gasteiger partial charge in [0.05, 0.1) is 11.8 Å². The van der Waals surface area contributed by atoms with Crippen LogP contribution in [-0.2, 0) is 4.74 Å². The number of rotatable bonds is 6. The van der Waals surface area contributed by atoms with Gasteiger partial charge >= 0.3 is 6.09 Å². The molecule has 0 bridgehead atoms. The Morgan fingerprint density at radius 1 is 1.31 bits per heavy atom. The molecule has 2 atom stereocenters. The average molecular weight is 379 g/mol. The Morgan fingerprint density at radius 3 is 2.50 bits per heavy atom. The van der Waals surface area contributed by atoms with Gasteiger partial charge in [0.15, 0.2) is 5.13 Å². The normalized spacial score (nSPS) is 13.9. The third-order valence-electron chi connectivity index (χ3n) is 3.54. The molecule has 0 saturated heterocycles. The number of alkyl carbamates (subject to hydrolysis) is 1. The van der Waals surface area contributed by atoms with Crippen molar-refractivity contribution in [1.82, 2.24) is 10.3 Å². The molecule has 0 aliphatic rings. The molecule has 142 valence electrons. The van der Waals surface area contributed by atoms with E-state index in [1.807, 2.05) is 17.5 Å². The van der Waals surface area contributed by atoms with Gasteiger partial charge in [0.1, 0.15) is 11.7 Å². The van der Waals surface area contributed by atoms with Gasteiger partial charge in [-0.05, 0) is 32.8 Å². The van der Waals surface area contributed by atoms with Crippen LogP contribution in [0.2, 0.25) is 0 Å². The molecule has 0 spiro atoms. The molecule has 0 saturated carbocycles. The molecule has 0 fully saturated rings. The van der Waals surface area contributed by atoms with Gasteiger partial charge in [-0.25, -0.2) is 9.78 Å². The van der Waals surface area contributed by atoms with Crippen molar-refractivity contribution in [3.05, 3.63) is 35.2 Å². The molecule has 0 aliphatic heterocycles. The second-order valence-electron chi connectivity index (χ2n) is 6.92. The number of benzene rings is 1. The molecule has 8 heteroatoms. The maximum absolute atomic E-state index is 11.6. The summed E-state index contributed by atoms with van der Waals surface area (Å²) in [6.07, 6.45) is -2.41. The van der Waals surface area contributed by atoms with Crippen molar-refractivity contribution in [2.45, 2.75) is 45.0 Å². The van der Waals surface area contributed by atoms with Crippen LogP contribution in [0, 0.1) is 0 Å². The summed E-state index contributed by atoms with van der Waals surface area (Å²) in [5.74, 6) is 0. The molecular formula is C18H25N3O4S. The number of nitrogens with one attached hydrogen (secondary N) is 1. The molecule has 1 amide bonds. The lowest BCUT2D eigenvalue weighted by Gasteiger charge is -2.21. The van der Waals surface area contributed by atoms with Crippen molar-refractivity contribution in [1.29, 1.82) is 0 Å². The van der Waals surface area contributed by atoms with Crippen molar-refractivity contribution >= 4 is 22.6 Å². The molecule has 0 aliphatic carbocycles. The highest BCUT2D eigenvalue weighted by Gasteiger charge is 2.20. The van der Waals surface area contributed by atoms with E-state index in [9.17, 15) is 15.0 Å². The van der Waals surface area contributed by atoms with Crippen LogP contribution in [0.5, 0.6) is 0 Å². The van der Waals surface area contributed by atoms with Crippen LogP contribution in [0.25, 0.3) is 11.3 Å². The third kappa shape index (κ3) is 5.98. The number of anilines is 1. The summed E-state index contributed by atoms with van der Waals surface area (Å²) >= 11 is 1.36. The first-order valence-electron chi connectivity index (χ1n) is 8.30. The lowest BCUT2D eigenvalue weighted by atomic mass is 10.0. The summed E-state index contributed by atoms with van der Waals surface area (Å²) in [4.78, 5) is 15.8. The van der Waals surface area contributed by atoms with E-state index in [0.29, 0.717) is 10.7 Å². The Morgan fingerprint density at radius 2 is 1.96 bits per heavy atom. The number of hydrogen-bond donors (Lipinski definition) is 4. The lowest BCUT2D eigenvalue weighted by molar-refractivity contribution is 0.0123. The smallest absolute Gasteiger partial charge is 0.407 e. The van der Waals surface area contributed by atoms with Crippen LogP contribution >= 0.6 is 11.3 Å². The number of aromatic nitrogens is 1. The number of nitrogen functional groups attached to an aromatic ring is 1. The van der Waals surface area contributed by atoms with E-state index in [-0.39, 0.29) is 13.0 Å². The summed E-state index contributed by atoms with van der Waals surface area (Å²) in [6.45, 7) is 5.52. The maximum atomic E-state index is 11.6. The second-order valence-corrected chi connectivity index (χ2v) is 7.81. The van der Waals surface area contributed by atoms with Gasteiger partial charge < -0.3 is 26.0 Å². The van der Waals surface area contributed by atoms with Gasteiger partial charge in [0.2, 0.25) is 0 Å². The van der Waals surface area contributed by atoms with Crippen LogP contribution < -0.4 is 11.1 Å². The highest BCUT2D eigenvalue weighted by molar-refractivity contribution is 7.13. The first-order valence-corrected chi connectivity index (χ1v) is 9.18. The van der Waals surface area contributed by atoms with Crippen LogP contribution in [-0.4, -0.2) is 39.5 Å². The number of aliphatic hydroxyl groups excluding tert-OH is 2. The molecule has 7 nitrogen and oxygen atoms in total. The Balaban J connectivity index is 1.85. The van der Waals surface area contributed by atoms with E-state index in [4.69, 9.17) is 10.5 Å². The number of thiazole rings is 1. The second kappa shape index (κ2) is 8.48. The maximum Gasteiger partial charge on any atom is 0.407 e. The standard InChI is InChI=1S/C18H25N3O4S/c1-18(2,3)25-17(24)20-9-8-14(22)15(23)12-6-4-11(5-7-12)13-10-26-16(19)21-13/h4-7,10,14-15,22-23H,8-9H2,1-3H3,(H2,19,21)(H,20,24). The minimum absolute atomic E-state index is 0.198. The first-order chi connectivity index (χ1) is 12.2. The molecule has 0 radical (unpaired) electrons. The Bertz CT molecular complexity index is 725. The minimum atomic E-state index is -1.05. The minimum Gasteiger partial charge on any atom is -0.444 e. The third-order valence-corrected chi connectivity index (χ3v) is 4.22. The monoisotopic (exact) mass is 379 g/mol. The summed E-state index contributed by atoms with van der Waals surface area (Å²) in [6, 6.07) is 7.11. The molecule has 1 aromatic heterocycles. The number of carbonyl (C=O) groups is 1. The highest BCUT2D eigenvalue weighted by Crippen LogP contribution is 2.26. The summed E-state index contributed by atoms with van der Waals surface area (Å²) in [5, 5.41) is 25.3. The highest BCUT2D eigenvalue weighted by atomic mass is 32.1. The van der Waals surface area contributed by atoms with Crippen molar-refractivity contribution in [3.63, 3.8) is 0 Å². The summed E-state index contributed by atoms with van der Waals surface area (Å²) in [5.41, 5.74) is 7.30. The fourth-order valence-corrected chi connectivity index (χ4v) is 2.86. The van der Waals surface area contributed by atoms with E-state index >= 15 is 0 Å². The van der Waals surface area contributed by atoms with Crippen molar-refractivity contribution in [2.75, 3.05) is 12.3 Å². The Hall–Kier alpha value is -2.16. The summed E-state index contributed by atoms with van der Waals surface area (Å²) < 4.78 is 5.11. The molecule has 5 N–H and O–H groups in total. The van der Waals surface area contributed by atoms with E-state index in [2.05, 4.69) is 10.3 Å². The fraction of sp³-hybridized carbons (Fsp3) is 0.444. The largest absolute Gasteiger partial charge is 0.444 e. The van der Waals surface area contributed by atoms with Gasteiger partial charge in [0.25, 0.3) is 0 Å². The van der Waals surface area contributed by atoms with Crippen molar-refractivity contribution in [3.8, 4) is 11.3 Å². The van der Waals surface area contributed by atoms with Gasteiger partial charge in [-0.2, -0.15) is 0 Å². The van der Waals surface area contributed by atoms with Crippen molar-refractivity contribution in [2.24, 2.45) is 0 Å². The van der Waals surface area contributed by atoms with Crippen LogP contribution in [0.15, 0.2) is 29.6 Å². The number of ether oxygens (including phenoxy) is 1. The molecule has 1 aromatic carbocycles. The number of nitrogens with zero attached hydrogens (tertiary/aromatic N) is 1. The summed E-state index contributed by atoms with van der Waals surface area (Å²) in [7, 11) is 0. The molecule has 1 heterocycles. The van der Waals surface area contributed by atoms with E-state index in [0.717, 1.165) is 11.3 Å². The number of aliphatic hydroxyl groups is 2. The molecular weight excluding hydrogens is 354 g/mol. The SMILES string of the molecule is CC(C)(C)OC(=O)NCCC(O)C(O)c1ccc(-c2csc(N)n2)cc1. The predicted molar refractivity (Wildman–Crippen MR) is 102 cm³/mol. The van der Waals surface area contributed by atoms with E-state index in [1.54, 1.807) is 32.9 Å². The van der Waals surface area contributed by atoms with Gasteiger partial charge in [0, 0.05) is 17.5 Å². The number of hydrogen-bond acceptors (Lipinski definition) is 7. The number of carbonyl (C=O) groups excluding carboxylic acids is 1. The number of nitrogens with two attached hydrogens (primary N) is 1. The van der Waals surface area contributed by atoms with Gasteiger partial charge in [-0.1, -0.05) is 24.3 Å². The van der Waals surface area contributed by atoms with E-state index in [1.165, 1.54) is 11.3 Å². The average Bonchev–Trinajstić information content (AvgIpc) is 2.99. The molecule has 26 heavy (non-hydrogen) atoms. The van der Waals surface area contributed by atoms with Gasteiger partial charge in [-0.15, -0.1) is 11.3 Å². The van der Waals surface area contributed by atoms with Crippen LogP contribution in [0.4, 0.5) is 9.93 Å². The van der Waals surface area contributed by atoms with Crippen LogP contribution in [0.1, 0.15) is 38.9 Å². The Kier molecular flexibility index (Phi) is 6.57.